The molecule has 0 atom stereocenters. The normalized spacial score (nSPS) is 12.4. The molecule has 8 rings (SSSR count). The second-order valence-electron chi connectivity index (χ2n) is 9.67. The van der Waals surface area contributed by atoms with Gasteiger partial charge in [0.25, 0.3) is 0 Å². The van der Waals surface area contributed by atoms with Crippen molar-refractivity contribution in [1.29, 1.82) is 0 Å². The molecule has 0 aliphatic heterocycles. The first kappa shape index (κ1) is 19.4. The lowest BCUT2D eigenvalue weighted by Crippen LogP contribution is -1.87. The highest BCUT2D eigenvalue weighted by molar-refractivity contribution is 7.26. The molecular formula is C33H23NS. The predicted molar refractivity (Wildman–Crippen MR) is 154 cm³/mol. The van der Waals surface area contributed by atoms with Gasteiger partial charge in [-0.05, 0) is 52.9 Å². The molecule has 2 heteroatoms. The Morgan fingerprint density at radius 1 is 0.629 bits per heavy atom. The third-order valence-electron chi connectivity index (χ3n) is 7.92. The fraction of sp³-hybridized carbons (Fsp3) is 0.0909. The first-order valence-corrected chi connectivity index (χ1v) is 13.2. The molecule has 0 spiro atoms. The van der Waals surface area contributed by atoms with Crippen LogP contribution < -0.4 is 0 Å². The van der Waals surface area contributed by atoms with Gasteiger partial charge in [0.2, 0.25) is 0 Å². The van der Waals surface area contributed by atoms with Crippen molar-refractivity contribution >= 4 is 69.5 Å². The lowest BCUT2D eigenvalue weighted by molar-refractivity contribution is 1.08. The first-order chi connectivity index (χ1) is 17.2. The largest absolute Gasteiger partial charge is 0.311 e. The summed E-state index contributed by atoms with van der Waals surface area (Å²) in [6, 6.07) is 33.9. The monoisotopic (exact) mass is 465 g/mol. The number of fused-ring (bicyclic) bond motifs is 8. The van der Waals surface area contributed by atoms with Gasteiger partial charge in [-0.2, -0.15) is 0 Å². The molecule has 0 aliphatic rings. The van der Waals surface area contributed by atoms with Crippen LogP contribution in [0.5, 0.6) is 0 Å². The number of aryl methyl sites for hydroxylation is 2. The average molecular weight is 466 g/mol. The van der Waals surface area contributed by atoms with Crippen molar-refractivity contribution in [2.45, 2.75) is 20.3 Å². The van der Waals surface area contributed by atoms with E-state index in [9.17, 15) is 0 Å². The Morgan fingerprint density at radius 2 is 1.34 bits per heavy atom. The summed E-state index contributed by atoms with van der Waals surface area (Å²) in [4.78, 5) is 0. The Hall–Kier alpha value is -3.88. The maximum absolute atomic E-state index is 2.54. The highest BCUT2D eigenvalue weighted by atomic mass is 32.1. The summed E-state index contributed by atoms with van der Waals surface area (Å²) in [7, 11) is 0. The number of para-hydroxylation sites is 1. The fourth-order valence-electron chi connectivity index (χ4n) is 6.28. The molecule has 0 unspecified atom stereocenters. The molecule has 0 bridgehead atoms. The highest BCUT2D eigenvalue weighted by Gasteiger charge is 2.21. The van der Waals surface area contributed by atoms with Gasteiger partial charge in [-0.1, -0.05) is 85.8 Å². The van der Waals surface area contributed by atoms with Gasteiger partial charge in [0.15, 0.2) is 0 Å². The Morgan fingerprint density at radius 3 is 2.23 bits per heavy atom. The van der Waals surface area contributed by atoms with Crippen molar-refractivity contribution in [3.8, 4) is 11.1 Å². The van der Waals surface area contributed by atoms with E-state index in [1.807, 2.05) is 11.3 Å². The van der Waals surface area contributed by atoms with Crippen LogP contribution in [-0.4, -0.2) is 4.40 Å². The number of aromatic nitrogens is 1. The molecule has 8 aromatic rings. The lowest BCUT2D eigenvalue weighted by Gasteiger charge is -2.05. The minimum Gasteiger partial charge on any atom is -0.311 e. The Bertz CT molecular complexity index is 2100. The van der Waals surface area contributed by atoms with Gasteiger partial charge in [0.1, 0.15) is 0 Å². The predicted octanol–water partition coefficient (Wildman–Crippen LogP) is 9.74. The number of hydrogen-bond acceptors (Lipinski definition) is 1. The number of nitrogens with zero attached hydrogens (tertiary/aromatic N) is 1. The van der Waals surface area contributed by atoms with Crippen molar-refractivity contribution < 1.29 is 0 Å². The molecule has 0 aliphatic carbocycles. The first-order valence-electron chi connectivity index (χ1n) is 12.3. The van der Waals surface area contributed by atoms with Crippen LogP contribution in [0.1, 0.15) is 18.2 Å². The summed E-state index contributed by atoms with van der Waals surface area (Å²) < 4.78 is 5.29. The van der Waals surface area contributed by atoms with Gasteiger partial charge in [-0.3, -0.25) is 0 Å². The zero-order valence-corrected chi connectivity index (χ0v) is 20.5. The number of thiophene rings is 1. The zero-order chi connectivity index (χ0) is 23.3. The molecule has 35 heavy (non-hydrogen) atoms. The molecular weight excluding hydrogens is 442 g/mol. The Balaban J connectivity index is 1.44. The quantitative estimate of drug-likeness (QED) is 0.239. The third-order valence-corrected chi connectivity index (χ3v) is 9.10. The summed E-state index contributed by atoms with van der Waals surface area (Å²) in [6.45, 7) is 4.57. The summed E-state index contributed by atoms with van der Waals surface area (Å²) in [5.41, 5.74) is 8.18. The maximum Gasteiger partial charge on any atom is 0.0716 e. The molecule has 0 N–H and O–H groups in total. The van der Waals surface area contributed by atoms with E-state index in [-0.39, 0.29) is 0 Å². The molecule has 5 aromatic carbocycles. The summed E-state index contributed by atoms with van der Waals surface area (Å²) in [5, 5.41) is 9.43. The third kappa shape index (κ3) is 2.47. The lowest BCUT2D eigenvalue weighted by atomic mass is 10.00. The highest BCUT2D eigenvalue weighted by Crippen LogP contribution is 2.45. The minimum atomic E-state index is 1.06. The van der Waals surface area contributed by atoms with E-state index >= 15 is 0 Å². The molecule has 0 saturated carbocycles. The van der Waals surface area contributed by atoms with Crippen LogP contribution in [0.2, 0.25) is 0 Å². The smallest absolute Gasteiger partial charge is 0.0716 e. The number of benzene rings is 5. The van der Waals surface area contributed by atoms with E-state index in [0.717, 1.165) is 6.42 Å². The van der Waals surface area contributed by atoms with Crippen molar-refractivity contribution in [2.75, 3.05) is 0 Å². The summed E-state index contributed by atoms with van der Waals surface area (Å²) in [5.74, 6) is 0. The Labute approximate surface area is 207 Å². The van der Waals surface area contributed by atoms with Crippen molar-refractivity contribution in [3.63, 3.8) is 0 Å². The van der Waals surface area contributed by atoms with Gasteiger partial charge in [0, 0.05) is 37.3 Å². The molecule has 0 saturated heterocycles. The van der Waals surface area contributed by atoms with Crippen molar-refractivity contribution in [2.24, 2.45) is 0 Å². The zero-order valence-electron chi connectivity index (χ0n) is 19.7. The fourth-order valence-corrected chi connectivity index (χ4v) is 7.56. The van der Waals surface area contributed by atoms with Crippen LogP contribution in [0.3, 0.4) is 0 Å². The summed E-state index contributed by atoms with van der Waals surface area (Å²) >= 11 is 1.94. The Kier molecular flexibility index (Phi) is 3.80. The van der Waals surface area contributed by atoms with E-state index in [2.05, 4.69) is 109 Å². The van der Waals surface area contributed by atoms with Crippen LogP contribution in [0, 0.1) is 6.92 Å². The van der Waals surface area contributed by atoms with Gasteiger partial charge in [-0.25, -0.2) is 0 Å². The van der Waals surface area contributed by atoms with Crippen LogP contribution >= 0.6 is 11.3 Å². The molecule has 1 nitrogen and oxygen atoms in total. The van der Waals surface area contributed by atoms with E-state index in [0.29, 0.717) is 0 Å². The second kappa shape index (κ2) is 6.84. The topological polar surface area (TPSA) is 4.41 Å². The van der Waals surface area contributed by atoms with Crippen LogP contribution in [0.25, 0.3) is 69.3 Å². The van der Waals surface area contributed by atoms with E-state index in [1.165, 1.54) is 80.5 Å². The van der Waals surface area contributed by atoms with Gasteiger partial charge < -0.3 is 4.40 Å². The van der Waals surface area contributed by atoms with Gasteiger partial charge >= 0.3 is 0 Å². The minimum absolute atomic E-state index is 1.06. The van der Waals surface area contributed by atoms with Gasteiger partial charge in [0.05, 0.1) is 15.7 Å². The van der Waals surface area contributed by atoms with E-state index in [1.54, 1.807) is 0 Å². The molecule has 3 heterocycles. The summed E-state index contributed by atoms with van der Waals surface area (Å²) in [6.07, 6.45) is 1.06. The second-order valence-corrected chi connectivity index (χ2v) is 10.7. The maximum atomic E-state index is 2.54. The SMILES string of the molecule is CCc1c(C)n2c3c1cccc3c1ccc3c4ccc(-c5ccc6ccccc6c5)cc4sc3c12. The molecule has 0 amide bonds. The van der Waals surface area contributed by atoms with Gasteiger partial charge in [-0.15, -0.1) is 11.3 Å². The standard InChI is InChI=1S/C33H23NS/c1-3-24-19(2)34-31-26(24)9-6-10-27(31)28-15-16-29-25-14-13-23(18-30(25)35-33(29)32(28)34)22-12-11-20-7-4-5-8-21(20)17-22/h4-18H,3H2,1-2H3. The molecule has 166 valence electrons. The molecule has 3 aromatic heterocycles. The van der Waals surface area contributed by atoms with Crippen LogP contribution in [0.4, 0.5) is 0 Å². The van der Waals surface area contributed by atoms with E-state index in [4.69, 9.17) is 0 Å². The van der Waals surface area contributed by atoms with Crippen LogP contribution in [0.15, 0.2) is 91.0 Å². The number of rotatable bonds is 2. The van der Waals surface area contributed by atoms with Crippen molar-refractivity contribution in [3.05, 3.63) is 102 Å². The molecule has 0 radical (unpaired) electrons. The average Bonchev–Trinajstić information content (AvgIpc) is 3.53. The van der Waals surface area contributed by atoms with Crippen LogP contribution in [-0.2, 0) is 6.42 Å². The number of hydrogen-bond donors (Lipinski definition) is 0. The van der Waals surface area contributed by atoms with E-state index < -0.39 is 0 Å². The van der Waals surface area contributed by atoms with Crippen molar-refractivity contribution in [1.82, 2.24) is 4.40 Å². The molecule has 0 fully saturated rings.